The molecule has 0 unspecified atom stereocenters. The number of ether oxygens (including phenoxy) is 1. The Kier molecular flexibility index (Phi) is 6.09. The topological polar surface area (TPSA) is 75.7 Å². The van der Waals surface area contributed by atoms with Crippen LogP contribution in [0.5, 0.6) is 0 Å². The molecule has 130 valence electrons. The molecule has 0 aromatic heterocycles. The molecule has 1 saturated heterocycles. The van der Waals surface area contributed by atoms with Gasteiger partial charge in [0.15, 0.2) is 5.78 Å². The molecule has 6 nitrogen and oxygen atoms in total. The lowest BCUT2D eigenvalue weighted by Gasteiger charge is -2.34. The van der Waals surface area contributed by atoms with Crippen molar-refractivity contribution in [2.75, 3.05) is 25.5 Å². The van der Waals surface area contributed by atoms with Crippen molar-refractivity contribution in [2.45, 2.75) is 32.7 Å². The molecular weight excluding hydrogens is 308 g/mol. The van der Waals surface area contributed by atoms with E-state index < -0.39 is 0 Å². The van der Waals surface area contributed by atoms with Crippen molar-refractivity contribution in [3.05, 3.63) is 29.8 Å². The Morgan fingerprint density at radius 3 is 2.25 bits per heavy atom. The fourth-order valence-electron chi connectivity index (χ4n) is 2.89. The lowest BCUT2D eigenvalue weighted by atomic mass is 9.96. The first kappa shape index (κ1) is 18.1. The number of amides is 1. The summed E-state index contributed by atoms with van der Waals surface area (Å²) in [7, 11) is 1.40. The molecule has 0 aliphatic carbocycles. The zero-order chi connectivity index (χ0) is 17.7. The number of ketones is 1. The summed E-state index contributed by atoms with van der Waals surface area (Å²) in [6, 6.07) is 6.57. The number of esters is 1. The summed E-state index contributed by atoms with van der Waals surface area (Å²) < 4.78 is 4.78. The van der Waals surface area contributed by atoms with Crippen molar-refractivity contribution >= 4 is 23.3 Å². The summed E-state index contributed by atoms with van der Waals surface area (Å²) in [5, 5.41) is 2.87. The molecule has 1 heterocycles. The van der Waals surface area contributed by atoms with E-state index in [0.29, 0.717) is 37.2 Å². The molecule has 0 spiro atoms. The van der Waals surface area contributed by atoms with Gasteiger partial charge in [-0.3, -0.25) is 19.3 Å². The van der Waals surface area contributed by atoms with Crippen LogP contribution in [-0.2, 0) is 14.3 Å². The van der Waals surface area contributed by atoms with Crippen molar-refractivity contribution in [3.8, 4) is 0 Å². The van der Waals surface area contributed by atoms with Crippen LogP contribution in [0.25, 0.3) is 0 Å². The molecule has 1 aliphatic heterocycles. The monoisotopic (exact) mass is 332 g/mol. The van der Waals surface area contributed by atoms with Crippen molar-refractivity contribution < 1.29 is 19.1 Å². The number of anilines is 1. The van der Waals surface area contributed by atoms with E-state index in [-0.39, 0.29) is 29.6 Å². The zero-order valence-corrected chi connectivity index (χ0v) is 14.4. The van der Waals surface area contributed by atoms with Crippen molar-refractivity contribution in [1.82, 2.24) is 4.90 Å². The normalized spacial score (nSPS) is 17.1. The average molecular weight is 332 g/mol. The Bertz CT molecular complexity index is 604. The highest BCUT2D eigenvalue weighted by Crippen LogP contribution is 2.21. The number of carbonyl (C=O) groups excluding carboxylic acids is 3. The van der Waals surface area contributed by atoms with Gasteiger partial charge in [-0.2, -0.15) is 0 Å². The fraction of sp³-hybridized carbons (Fsp3) is 0.500. The van der Waals surface area contributed by atoms with E-state index >= 15 is 0 Å². The maximum Gasteiger partial charge on any atom is 0.308 e. The van der Waals surface area contributed by atoms with E-state index in [4.69, 9.17) is 4.74 Å². The second-order valence-corrected chi connectivity index (χ2v) is 6.13. The third-order valence-corrected chi connectivity index (χ3v) is 4.55. The number of nitrogens with zero attached hydrogens (tertiary/aromatic N) is 1. The van der Waals surface area contributed by atoms with E-state index in [1.54, 1.807) is 24.3 Å². The Balaban J connectivity index is 1.88. The summed E-state index contributed by atoms with van der Waals surface area (Å²) >= 11 is 0. The van der Waals surface area contributed by atoms with Gasteiger partial charge in [0.25, 0.3) is 0 Å². The minimum Gasteiger partial charge on any atom is -0.469 e. The molecule has 0 saturated carbocycles. The zero-order valence-electron chi connectivity index (χ0n) is 14.4. The fourth-order valence-corrected chi connectivity index (χ4v) is 2.89. The van der Waals surface area contributed by atoms with Crippen LogP contribution in [0.3, 0.4) is 0 Å². The van der Waals surface area contributed by atoms with Crippen molar-refractivity contribution in [3.63, 3.8) is 0 Å². The Hall–Kier alpha value is -2.21. The summed E-state index contributed by atoms with van der Waals surface area (Å²) in [6.45, 7) is 4.75. The molecular formula is C18H24N2O4. The highest BCUT2D eigenvalue weighted by Gasteiger charge is 2.30. The number of carbonyl (C=O) groups is 3. The quantitative estimate of drug-likeness (QED) is 0.660. The Labute approximate surface area is 142 Å². The van der Waals surface area contributed by atoms with Crippen LogP contribution in [0, 0.1) is 5.92 Å². The minimum absolute atomic E-state index is 0.00489. The van der Waals surface area contributed by atoms with Crippen molar-refractivity contribution in [1.29, 1.82) is 0 Å². The van der Waals surface area contributed by atoms with E-state index in [1.165, 1.54) is 14.0 Å². The maximum atomic E-state index is 12.4. The number of methoxy groups -OCH3 is 1. The summed E-state index contributed by atoms with van der Waals surface area (Å²) in [5.74, 6) is -0.338. The van der Waals surface area contributed by atoms with E-state index in [0.717, 1.165) is 0 Å². The molecule has 24 heavy (non-hydrogen) atoms. The van der Waals surface area contributed by atoms with Crippen LogP contribution < -0.4 is 5.32 Å². The lowest BCUT2D eigenvalue weighted by Crippen LogP contribution is -2.47. The predicted octanol–water partition coefficient (Wildman–Crippen LogP) is 2.10. The smallest absolute Gasteiger partial charge is 0.308 e. The van der Waals surface area contributed by atoms with Crippen LogP contribution in [-0.4, -0.2) is 48.8 Å². The Morgan fingerprint density at radius 2 is 1.75 bits per heavy atom. The summed E-state index contributed by atoms with van der Waals surface area (Å²) in [4.78, 5) is 37.3. The second-order valence-electron chi connectivity index (χ2n) is 6.13. The molecule has 1 aromatic carbocycles. The van der Waals surface area contributed by atoms with Gasteiger partial charge in [0.2, 0.25) is 5.91 Å². The van der Waals surface area contributed by atoms with E-state index in [2.05, 4.69) is 10.2 Å². The molecule has 2 rings (SSSR count). The standard InChI is InChI=1S/C18H24N2O4/c1-12(20-10-8-15(9-11-20)18(23)24-3)17(22)19-16-6-4-14(5-7-16)13(2)21/h4-7,12,15H,8-11H2,1-3H3,(H,19,22)/t12-/m0/s1. The van der Waals surface area contributed by atoms with Gasteiger partial charge in [0.05, 0.1) is 19.1 Å². The lowest BCUT2D eigenvalue weighted by molar-refractivity contribution is -0.147. The molecule has 1 fully saturated rings. The van der Waals surface area contributed by atoms with Crippen LogP contribution in [0.1, 0.15) is 37.0 Å². The maximum absolute atomic E-state index is 12.4. The second kappa shape index (κ2) is 8.06. The molecule has 6 heteroatoms. The average Bonchev–Trinajstić information content (AvgIpc) is 2.61. The number of hydrogen-bond donors (Lipinski definition) is 1. The number of nitrogens with one attached hydrogen (secondary N) is 1. The first-order valence-electron chi connectivity index (χ1n) is 8.16. The largest absolute Gasteiger partial charge is 0.469 e. The molecule has 1 atom stereocenters. The van der Waals surface area contributed by atoms with Crippen LogP contribution in [0.4, 0.5) is 5.69 Å². The van der Waals surface area contributed by atoms with Gasteiger partial charge in [0.1, 0.15) is 0 Å². The van der Waals surface area contributed by atoms with Gasteiger partial charge in [-0.25, -0.2) is 0 Å². The Morgan fingerprint density at radius 1 is 1.17 bits per heavy atom. The van der Waals surface area contributed by atoms with Crippen LogP contribution in [0.2, 0.25) is 0 Å². The van der Waals surface area contributed by atoms with Gasteiger partial charge in [-0.15, -0.1) is 0 Å². The molecule has 0 radical (unpaired) electrons. The van der Waals surface area contributed by atoms with Crippen LogP contribution >= 0.6 is 0 Å². The number of piperidine rings is 1. The van der Waals surface area contributed by atoms with Crippen molar-refractivity contribution in [2.24, 2.45) is 5.92 Å². The first-order chi connectivity index (χ1) is 11.4. The minimum atomic E-state index is -0.281. The molecule has 1 aliphatic rings. The molecule has 1 aromatic rings. The number of Topliss-reactive ketones (excluding diaryl/α,β-unsaturated/α-hetero) is 1. The van der Waals surface area contributed by atoms with Gasteiger partial charge in [0, 0.05) is 11.3 Å². The molecule has 1 N–H and O–H groups in total. The highest BCUT2D eigenvalue weighted by molar-refractivity contribution is 5.97. The number of rotatable bonds is 5. The third-order valence-electron chi connectivity index (χ3n) is 4.55. The van der Waals surface area contributed by atoms with Gasteiger partial charge < -0.3 is 10.1 Å². The van der Waals surface area contributed by atoms with E-state index in [1.807, 2.05) is 6.92 Å². The first-order valence-corrected chi connectivity index (χ1v) is 8.16. The SMILES string of the molecule is COC(=O)C1CCN([C@@H](C)C(=O)Nc2ccc(C(C)=O)cc2)CC1. The number of likely N-dealkylation sites (tertiary alicyclic amines) is 1. The molecule has 0 bridgehead atoms. The van der Waals surface area contributed by atoms with Gasteiger partial charge in [-0.1, -0.05) is 0 Å². The number of hydrogen-bond acceptors (Lipinski definition) is 5. The number of benzene rings is 1. The molecule has 1 amide bonds. The highest BCUT2D eigenvalue weighted by atomic mass is 16.5. The predicted molar refractivity (Wildman–Crippen MR) is 90.9 cm³/mol. The third kappa shape index (κ3) is 4.41. The van der Waals surface area contributed by atoms with Gasteiger partial charge in [-0.05, 0) is 64.0 Å². The van der Waals surface area contributed by atoms with E-state index in [9.17, 15) is 14.4 Å². The van der Waals surface area contributed by atoms with Gasteiger partial charge >= 0.3 is 5.97 Å². The summed E-state index contributed by atoms with van der Waals surface area (Å²) in [5.41, 5.74) is 1.28. The summed E-state index contributed by atoms with van der Waals surface area (Å²) in [6.07, 6.45) is 1.41. The van der Waals surface area contributed by atoms with Crippen LogP contribution in [0.15, 0.2) is 24.3 Å².